The van der Waals surface area contributed by atoms with Gasteiger partial charge < -0.3 is 0 Å². The van der Waals surface area contributed by atoms with E-state index in [1.807, 2.05) is 22.6 Å². The predicted octanol–water partition coefficient (Wildman–Crippen LogP) is 1.53. The fourth-order valence-electron chi connectivity index (χ4n) is 0.310. The van der Waals surface area contributed by atoms with Crippen LogP contribution in [-0.4, -0.2) is 9.71 Å². The molecular formula is C5H3IN2. The highest BCUT2D eigenvalue weighted by atomic mass is 127. The van der Waals surface area contributed by atoms with Crippen molar-refractivity contribution in [2.45, 2.75) is 0 Å². The molecule has 3 heteroatoms. The highest BCUT2D eigenvalue weighted by molar-refractivity contribution is 14.1. The maximum Gasteiger partial charge on any atom is 0.199 e. The molecule has 0 unspecified atom stereocenters. The molecule has 0 bridgehead atoms. The molecule has 0 spiro atoms. The molecule has 1 rings (SSSR count). The summed E-state index contributed by atoms with van der Waals surface area (Å²) in [7, 11) is 0. The minimum absolute atomic E-state index is 0.715. The Morgan fingerprint density at radius 1 is 1.62 bits per heavy atom. The smallest absolute Gasteiger partial charge is 0.199 e. The van der Waals surface area contributed by atoms with Crippen molar-refractivity contribution in [3.8, 4) is 0 Å². The van der Waals surface area contributed by atoms with Gasteiger partial charge in [0.2, 0.25) is 0 Å². The second-order valence-electron chi connectivity index (χ2n) is 1.15. The number of allylic oxidation sites excluding steroid dienone is 2. The van der Waals surface area contributed by atoms with E-state index in [-0.39, 0.29) is 0 Å². The fraction of sp³-hybridized carbons (Fsp3) is 0. The minimum atomic E-state index is 0.715. The molecule has 1 aliphatic rings. The van der Waals surface area contributed by atoms with Crippen LogP contribution in [0.4, 0.5) is 0 Å². The minimum Gasteiger partial charge on any atom is -0.231 e. The van der Waals surface area contributed by atoms with E-state index < -0.39 is 0 Å². The van der Waals surface area contributed by atoms with Gasteiger partial charge in [0.1, 0.15) is 0 Å². The van der Waals surface area contributed by atoms with Crippen molar-refractivity contribution in [2.75, 3.05) is 0 Å². The van der Waals surface area contributed by atoms with Gasteiger partial charge in [-0.05, 0) is 11.9 Å². The van der Waals surface area contributed by atoms with Gasteiger partial charge in [-0.3, -0.25) is 0 Å². The highest BCUT2D eigenvalue weighted by Crippen LogP contribution is 1.94. The lowest BCUT2D eigenvalue weighted by Crippen LogP contribution is -1.71. The molecule has 40 valence electrons. The summed E-state index contributed by atoms with van der Waals surface area (Å²) >= 11 is 2.03. The van der Waals surface area contributed by atoms with Crippen molar-refractivity contribution in [1.29, 1.82) is 0 Å². The van der Waals surface area contributed by atoms with Gasteiger partial charge in [-0.1, -0.05) is 0 Å². The Balaban J connectivity index is 2.94. The van der Waals surface area contributed by atoms with E-state index >= 15 is 0 Å². The van der Waals surface area contributed by atoms with Crippen LogP contribution in [0.2, 0.25) is 0 Å². The summed E-state index contributed by atoms with van der Waals surface area (Å²) in [5, 5.41) is 0. The molecule has 0 aromatic carbocycles. The van der Waals surface area contributed by atoms with Gasteiger partial charge in [0.25, 0.3) is 0 Å². The Hall–Kier alpha value is -0.410. The van der Waals surface area contributed by atoms with E-state index in [2.05, 4.69) is 15.9 Å². The Morgan fingerprint density at radius 3 is 3.38 bits per heavy atom. The molecule has 0 aromatic heterocycles. The topological polar surface area (TPSA) is 24.7 Å². The molecule has 0 aromatic rings. The van der Waals surface area contributed by atoms with Gasteiger partial charge in [-0.15, -0.1) is 0 Å². The van der Waals surface area contributed by atoms with Crippen molar-refractivity contribution in [3.05, 3.63) is 18.4 Å². The number of rotatable bonds is 0. The zero-order chi connectivity index (χ0) is 5.82. The number of nitrogens with zero attached hydrogens (tertiary/aromatic N) is 2. The van der Waals surface area contributed by atoms with E-state index in [9.17, 15) is 0 Å². The third-order valence-corrected chi connectivity index (χ3v) is 1.11. The molecule has 0 aliphatic carbocycles. The first-order valence-corrected chi connectivity index (χ1v) is 3.15. The van der Waals surface area contributed by atoms with Crippen LogP contribution in [0.3, 0.4) is 0 Å². The molecule has 0 saturated carbocycles. The van der Waals surface area contributed by atoms with Gasteiger partial charge in [-0.25, -0.2) is 4.99 Å². The highest BCUT2D eigenvalue weighted by Gasteiger charge is 1.81. The van der Waals surface area contributed by atoms with Crippen LogP contribution in [0.15, 0.2) is 28.3 Å². The van der Waals surface area contributed by atoms with Crippen LogP contribution < -0.4 is 0 Å². The zero-order valence-corrected chi connectivity index (χ0v) is 6.16. The summed E-state index contributed by atoms with van der Waals surface area (Å²) in [5.41, 5.74) is 0. The second-order valence-corrected chi connectivity index (χ2v) is 2.11. The Morgan fingerprint density at radius 2 is 2.50 bits per heavy atom. The van der Waals surface area contributed by atoms with Crippen LogP contribution >= 0.6 is 22.6 Å². The van der Waals surface area contributed by atoms with Crippen LogP contribution in [-0.2, 0) is 0 Å². The lowest BCUT2D eigenvalue weighted by atomic mass is 10.6. The zero-order valence-electron chi connectivity index (χ0n) is 4.00. The third-order valence-electron chi connectivity index (χ3n) is 0.595. The predicted molar refractivity (Wildman–Crippen MR) is 42.6 cm³/mol. The van der Waals surface area contributed by atoms with E-state index in [1.165, 1.54) is 0 Å². The maximum absolute atomic E-state index is 3.89. The second kappa shape index (κ2) is 2.79. The van der Waals surface area contributed by atoms with Gasteiger partial charge in [0, 0.05) is 34.9 Å². The van der Waals surface area contributed by atoms with Crippen molar-refractivity contribution < 1.29 is 0 Å². The summed E-state index contributed by atoms with van der Waals surface area (Å²) in [4.78, 5) is 7.68. The fourth-order valence-corrected chi connectivity index (χ4v) is 0.610. The first kappa shape index (κ1) is 5.72. The van der Waals surface area contributed by atoms with Crippen LogP contribution in [0, 0.1) is 0 Å². The third kappa shape index (κ3) is 1.60. The summed E-state index contributed by atoms with van der Waals surface area (Å²) in [5.74, 6) is 2.67. The van der Waals surface area contributed by atoms with Crippen molar-refractivity contribution in [3.63, 3.8) is 0 Å². The summed E-state index contributed by atoms with van der Waals surface area (Å²) in [6.45, 7) is 0. The van der Waals surface area contributed by atoms with Gasteiger partial charge in [0.15, 0.2) is 3.84 Å². The van der Waals surface area contributed by atoms with E-state index in [0.717, 1.165) is 0 Å². The summed E-state index contributed by atoms with van der Waals surface area (Å²) < 4.78 is 0.715. The monoisotopic (exact) mass is 218 g/mol. The first-order valence-electron chi connectivity index (χ1n) is 2.07. The molecule has 1 aliphatic heterocycles. The van der Waals surface area contributed by atoms with Gasteiger partial charge in [-0.2, -0.15) is 4.99 Å². The van der Waals surface area contributed by atoms with Crippen LogP contribution in [0.25, 0.3) is 0 Å². The SMILES string of the molecule is IC1=NC=CC=C=N1. The number of amidine groups is 1. The Bertz CT molecular complexity index is 196. The molecule has 0 saturated heterocycles. The summed E-state index contributed by atoms with van der Waals surface area (Å²) in [6.07, 6.45) is 5.19. The molecule has 8 heavy (non-hydrogen) atoms. The largest absolute Gasteiger partial charge is 0.231 e. The van der Waals surface area contributed by atoms with Crippen molar-refractivity contribution in [1.82, 2.24) is 0 Å². The van der Waals surface area contributed by atoms with Crippen molar-refractivity contribution >= 4 is 32.3 Å². The Kier molecular flexibility index (Phi) is 2.00. The molecule has 0 N–H and O–H groups in total. The lowest BCUT2D eigenvalue weighted by Gasteiger charge is -1.75. The molecule has 0 fully saturated rings. The normalized spacial score (nSPS) is 15.9. The maximum atomic E-state index is 3.89. The number of hydrogen-bond acceptors (Lipinski definition) is 2. The van der Waals surface area contributed by atoms with Gasteiger partial charge >= 0.3 is 0 Å². The average Bonchev–Trinajstić information content (AvgIpc) is 1.94. The molecule has 2 nitrogen and oxygen atoms in total. The number of halogens is 1. The molecule has 1 heterocycles. The molecule has 0 amide bonds. The van der Waals surface area contributed by atoms with E-state index in [4.69, 9.17) is 0 Å². The van der Waals surface area contributed by atoms with E-state index in [0.29, 0.717) is 3.84 Å². The van der Waals surface area contributed by atoms with Gasteiger partial charge in [0.05, 0.1) is 0 Å². The van der Waals surface area contributed by atoms with Crippen LogP contribution in [0.1, 0.15) is 0 Å². The lowest BCUT2D eigenvalue weighted by molar-refractivity contribution is 1.57. The number of aliphatic imine (C=N–C) groups is 2. The quantitative estimate of drug-likeness (QED) is 0.435. The first-order chi connectivity index (χ1) is 3.89. The number of hydrogen-bond donors (Lipinski definition) is 0. The van der Waals surface area contributed by atoms with E-state index in [1.54, 1.807) is 18.4 Å². The molecule has 0 radical (unpaired) electrons. The standard InChI is InChI=1S/C5H3IN2/c6-5-7-3-1-2-4-8-5/h1-3H. The summed E-state index contributed by atoms with van der Waals surface area (Å²) in [6, 6.07) is 0. The molecular weight excluding hydrogens is 215 g/mol. The van der Waals surface area contributed by atoms with Crippen molar-refractivity contribution in [2.24, 2.45) is 9.98 Å². The van der Waals surface area contributed by atoms with Crippen LogP contribution in [0.5, 0.6) is 0 Å². The average molecular weight is 218 g/mol. The molecule has 0 atom stereocenters. The Labute approximate surface area is 60.9 Å².